The molecule has 0 saturated heterocycles. The molecule has 3 N–H and O–H groups in total. The van der Waals surface area contributed by atoms with Crippen molar-refractivity contribution < 1.29 is 9.90 Å². The molecule has 0 aromatic carbocycles. The van der Waals surface area contributed by atoms with E-state index in [1.165, 1.54) is 25.7 Å². The van der Waals surface area contributed by atoms with Crippen LogP contribution in [0.15, 0.2) is 0 Å². The maximum absolute atomic E-state index is 10.8. The smallest absolute Gasteiger partial charge is 0.324 e. The third-order valence-corrected chi connectivity index (χ3v) is 3.01. The first-order valence-corrected chi connectivity index (χ1v) is 5.16. The SMILES string of the molecule is CN(CC(C)(N)C(=O)O)C1CCCC1. The average Bonchev–Trinajstić information content (AvgIpc) is 2.54. The molecule has 14 heavy (non-hydrogen) atoms. The van der Waals surface area contributed by atoms with E-state index in [4.69, 9.17) is 10.8 Å². The molecular formula is C10H20N2O2. The van der Waals surface area contributed by atoms with Crippen molar-refractivity contribution in [3.63, 3.8) is 0 Å². The summed E-state index contributed by atoms with van der Waals surface area (Å²) in [5.41, 5.74) is 4.56. The number of nitrogens with two attached hydrogens (primary N) is 1. The van der Waals surface area contributed by atoms with Gasteiger partial charge in [0.25, 0.3) is 0 Å². The van der Waals surface area contributed by atoms with Crippen LogP contribution in [0.1, 0.15) is 32.6 Å². The summed E-state index contributed by atoms with van der Waals surface area (Å²) in [7, 11) is 1.96. The second-order valence-electron chi connectivity index (χ2n) is 4.58. The quantitative estimate of drug-likeness (QED) is 0.699. The normalized spacial score (nSPS) is 22.6. The molecule has 0 heterocycles. The molecule has 0 amide bonds. The highest BCUT2D eigenvalue weighted by atomic mass is 16.4. The summed E-state index contributed by atoms with van der Waals surface area (Å²) in [6.45, 7) is 1.99. The Morgan fingerprint density at radius 3 is 2.50 bits per heavy atom. The summed E-state index contributed by atoms with van der Waals surface area (Å²) in [6.07, 6.45) is 4.85. The molecule has 1 unspecified atom stereocenters. The van der Waals surface area contributed by atoms with Crippen LogP contribution in [0.5, 0.6) is 0 Å². The van der Waals surface area contributed by atoms with Crippen molar-refractivity contribution in [2.75, 3.05) is 13.6 Å². The van der Waals surface area contributed by atoms with Crippen molar-refractivity contribution >= 4 is 5.97 Å². The van der Waals surface area contributed by atoms with E-state index >= 15 is 0 Å². The minimum absolute atomic E-state index is 0.424. The zero-order chi connectivity index (χ0) is 10.8. The Morgan fingerprint density at radius 2 is 2.07 bits per heavy atom. The third-order valence-electron chi connectivity index (χ3n) is 3.01. The number of rotatable bonds is 4. The molecule has 1 saturated carbocycles. The molecule has 4 heteroatoms. The lowest BCUT2D eigenvalue weighted by molar-refractivity contribution is -0.143. The Hall–Kier alpha value is -0.610. The fourth-order valence-electron chi connectivity index (χ4n) is 2.06. The zero-order valence-electron chi connectivity index (χ0n) is 8.99. The second kappa shape index (κ2) is 4.28. The van der Waals surface area contributed by atoms with E-state index in [-0.39, 0.29) is 0 Å². The molecule has 82 valence electrons. The van der Waals surface area contributed by atoms with Gasteiger partial charge in [0, 0.05) is 12.6 Å². The van der Waals surface area contributed by atoms with Crippen LogP contribution in [0.3, 0.4) is 0 Å². The number of aliphatic carboxylic acids is 1. The molecule has 1 fully saturated rings. The number of nitrogens with zero attached hydrogens (tertiary/aromatic N) is 1. The molecule has 1 aliphatic rings. The second-order valence-corrected chi connectivity index (χ2v) is 4.58. The number of hydrogen-bond acceptors (Lipinski definition) is 3. The van der Waals surface area contributed by atoms with E-state index in [2.05, 4.69) is 4.90 Å². The summed E-state index contributed by atoms with van der Waals surface area (Å²) in [5.74, 6) is -0.928. The molecule has 0 aromatic heterocycles. The van der Waals surface area contributed by atoms with Gasteiger partial charge in [-0.05, 0) is 26.8 Å². The zero-order valence-corrected chi connectivity index (χ0v) is 8.99. The van der Waals surface area contributed by atoms with Crippen molar-refractivity contribution in [1.29, 1.82) is 0 Å². The Bertz CT molecular complexity index is 210. The molecule has 0 bridgehead atoms. The Balaban J connectivity index is 2.46. The van der Waals surface area contributed by atoms with Crippen LogP contribution in [-0.4, -0.2) is 41.1 Å². The molecule has 1 aliphatic carbocycles. The van der Waals surface area contributed by atoms with Gasteiger partial charge in [-0.1, -0.05) is 12.8 Å². The average molecular weight is 200 g/mol. The number of likely N-dealkylation sites (N-methyl/N-ethyl adjacent to an activating group) is 1. The van der Waals surface area contributed by atoms with E-state index in [1.54, 1.807) is 6.92 Å². The monoisotopic (exact) mass is 200 g/mol. The Kier molecular flexibility index (Phi) is 3.50. The topological polar surface area (TPSA) is 66.6 Å². The summed E-state index contributed by atoms with van der Waals surface area (Å²) >= 11 is 0. The van der Waals surface area contributed by atoms with Gasteiger partial charge in [-0.15, -0.1) is 0 Å². The maximum Gasteiger partial charge on any atom is 0.324 e. The first kappa shape index (κ1) is 11.5. The lowest BCUT2D eigenvalue weighted by Crippen LogP contribution is -2.54. The predicted molar refractivity (Wildman–Crippen MR) is 55.1 cm³/mol. The van der Waals surface area contributed by atoms with Gasteiger partial charge in [0.05, 0.1) is 0 Å². The standard InChI is InChI=1S/C10H20N2O2/c1-10(11,9(13)14)7-12(2)8-5-3-4-6-8/h8H,3-7,11H2,1-2H3,(H,13,14). The predicted octanol–water partition coefficient (Wildman–Crippen LogP) is 0.663. The highest BCUT2D eigenvalue weighted by molar-refractivity contribution is 5.78. The lowest BCUT2D eigenvalue weighted by atomic mass is 10.0. The molecule has 0 aliphatic heterocycles. The van der Waals surface area contributed by atoms with Gasteiger partial charge in [0.1, 0.15) is 5.54 Å². The first-order chi connectivity index (χ1) is 6.43. The minimum Gasteiger partial charge on any atom is -0.480 e. The number of hydrogen-bond donors (Lipinski definition) is 2. The Labute approximate surface area is 85.1 Å². The van der Waals surface area contributed by atoms with Gasteiger partial charge in [0.2, 0.25) is 0 Å². The van der Waals surface area contributed by atoms with Crippen LogP contribution in [0.4, 0.5) is 0 Å². The van der Waals surface area contributed by atoms with Gasteiger partial charge in [-0.3, -0.25) is 4.79 Å². The maximum atomic E-state index is 10.8. The molecule has 1 atom stereocenters. The minimum atomic E-state index is -1.13. The molecule has 4 nitrogen and oxygen atoms in total. The highest BCUT2D eigenvalue weighted by Gasteiger charge is 2.32. The van der Waals surface area contributed by atoms with Crippen LogP contribution < -0.4 is 5.73 Å². The summed E-state index contributed by atoms with van der Waals surface area (Å²) < 4.78 is 0. The van der Waals surface area contributed by atoms with Crippen LogP contribution in [0.2, 0.25) is 0 Å². The molecule has 0 aromatic rings. The fraction of sp³-hybridized carbons (Fsp3) is 0.900. The number of carboxylic acid groups (broad SMARTS) is 1. The van der Waals surface area contributed by atoms with Crippen molar-refractivity contribution in [3.05, 3.63) is 0 Å². The Morgan fingerprint density at radius 1 is 1.57 bits per heavy atom. The number of carbonyl (C=O) groups is 1. The van der Waals surface area contributed by atoms with E-state index < -0.39 is 11.5 Å². The van der Waals surface area contributed by atoms with Crippen LogP contribution in [-0.2, 0) is 4.79 Å². The lowest BCUT2D eigenvalue weighted by Gasteiger charge is -2.30. The number of carboxylic acids is 1. The van der Waals surface area contributed by atoms with E-state index in [0.717, 1.165) is 0 Å². The summed E-state index contributed by atoms with van der Waals surface area (Å²) in [4.78, 5) is 12.9. The van der Waals surface area contributed by atoms with Crippen molar-refractivity contribution in [2.24, 2.45) is 5.73 Å². The largest absolute Gasteiger partial charge is 0.480 e. The van der Waals surface area contributed by atoms with E-state index in [0.29, 0.717) is 12.6 Å². The van der Waals surface area contributed by atoms with Crippen molar-refractivity contribution in [1.82, 2.24) is 4.90 Å². The van der Waals surface area contributed by atoms with Gasteiger partial charge < -0.3 is 15.7 Å². The summed E-state index contributed by atoms with van der Waals surface area (Å²) in [6, 6.07) is 0.525. The first-order valence-electron chi connectivity index (χ1n) is 5.16. The van der Waals surface area contributed by atoms with Crippen LogP contribution in [0.25, 0.3) is 0 Å². The molecule has 1 rings (SSSR count). The van der Waals surface area contributed by atoms with E-state index in [9.17, 15) is 4.79 Å². The highest BCUT2D eigenvalue weighted by Crippen LogP contribution is 2.23. The van der Waals surface area contributed by atoms with Crippen molar-refractivity contribution in [2.45, 2.75) is 44.2 Å². The molecule has 0 spiro atoms. The van der Waals surface area contributed by atoms with Gasteiger partial charge in [-0.2, -0.15) is 0 Å². The van der Waals surface area contributed by atoms with Crippen LogP contribution in [0, 0.1) is 0 Å². The third kappa shape index (κ3) is 2.69. The van der Waals surface area contributed by atoms with Crippen molar-refractivity contribution in [3.8, 4) is 0 Å². The van der Waals surface area contributed by atoms with E-state index in [1.807, 2.05) is 7.05 Å². The van der Waals surface area contributed by atoms with Gasteiger partial charge in [0.15, 0.2) is 0 Å². The van der Waals surface area contributed by atoms with Crippen LogP contribution >= 0.6 is 0 Å². The summed E-state index contributed by atoms with van der Waals surface area (Å²) in [5, 5.41) is 8.88. The van der Waals surface area contributed by atoms with Gasteiger partial charge >= 0.3 is 5.97 Å². The fourth-order valence-corrected chi connectivity index (χ4v) is 2.06. The van der Waals surface area contributed by atoms with Gasteiger partial charge in [-0.25, -0.2) is 0 Å². The molecular weight excluding hydrogens is 180 g/mol. The molecule has 0 radical (unpaired) electrons.